The summed E-state index contributed by atoms with van der Waals surface area (Å²) in [5, 5.41) is 20.2. The van der Waals surface area contributed by atoms with Crippen molar-refractivity contribution < 1.29 is 0 Å². The Kier molecular flexibility index (Phi) is 12.6. The predicted octanol–water partition coefficient (Wildman–Crippen LogP) is 26.5. The van der Waals surface area contributed by atoms with E-state index < -0.39 is 0 Å². The first kappa shape index (κ1) is 54.3. The number of rotatable bonds is 7. The average molecular weight is 1230 g/mol. The van der Waals surface area contributed by atoms with Gasteiger partial charge in [-0.1, -0.05) is 286 Å². The number of hydrogen-bond donors (Lipinski definition) is 0. The van der Waals surface area contributed by atoms with Gasteiger partial charge in [0.2, 0.25) is 0 Å². The van der Waals surface area contributed by atoms with Crippen molar-refractivity contribution in [1.29, 1.82) is 0 Å². The van der Waals surface area contributed by atoms with Crippen molar-refractivity contribution >= 4 is 150 Å². The van der Waals surface area contributed by atoms with Crippen LogP contribution in [0.25, 0.3) is 172 Å². The molecule has 0 aliphatic carbocycles. The maximum absolute atomic E-state index is 5.05. The minimum atomic E-state index is 0.635. The second-order valence-electron chi connectivity index (χ2n) is 25.0. The summed E-state index contributed by atoms with van der Waals surface area (Å²) in [6, 6.07) is 113. The van der Waals surface area contributed by atoms with Crippen LogP contribution in [0.2, 0.25) is 0 Å². The van der Waals surface area contributed by atoms with Gasteiger partial charge in [0.05, 0.1) is 0 Å². The lowest BCUT2D eigenvalue weighted by Gasteiger charge is -2.27. The summed E-state index contributed by atoms with van der Waals surface area (Å²) < 4.78 is 5.14. The van der Waals surface area contributed by atoms with Gasteiger partial charge >= 0.3 is 0 Å². The standard InChI is InChI=1S/C91H57NS2/c1-56-52-63(70-29-13-33-78-79-34-14-30-71(89(79)93-88(70)78)64-43-41-59-39-37-57-18-5-7-23-68(57)83(59)54-64)22-17-51-92(67-48-45-62(46-49-67)87-76-27-11-9-25-74(76)86(61-20-3-2-4-21-61)75-26-10-12-28-77(75)87)85-50-47-66(53-82(56)85)73-32-16-36-81-80-35-15-31-72(90(80)94-91(73)81)65-44-42-60-40-38-58-19-6-8-24-69(58)84(60)55-65/h2-50,52-55H,1,51H2/b22-17-,63-52+. The molecule has 1 nitrogen and oxygen atoms in total. The third-order valence-electron chi connectivity index (χ3n) is 19.8. The molecule has 0 unspecified atom stereocenters. The molecule has 3 heterocycles. The van der Waals surface area contributed by atoms with E-state index in [9.17, 15) is 0 Å². The van der Waals surface area contributed by atoms with E-state index >= 15 is 0 Å². The summed E-state index contributed by atoms with van der Waals surface area (Å²) in [6.45, 7) is 5.69. The van der Waals surface area contributed by atoms with Crippen LogP contribution < -0.4 is 4.90 Å². The largest absolute Gasteiger partial charge is 0.337 e. The molecule has 438 valence electrons. The maximum atomic E-state index is 5.05. The number of nitrogens with zero attached hydrogens (tertiary/aromatic N) is 1. The average Bonchev–Trinajstić information content (AvgIpc) is 0.832. The number of anilines is 2. The van der Waals surface area contributed by atoms with Crippen molar-refractivity contribution in [2.75, 3.05) is 11.4 Å². The van der Waals surface area contributed by atoms with Gasteiger partial charge < -0.3 is 4.90 Å². The molecule has 0 atom stereocenters. The van der Waals surface area contributed by atoms with Gasteiger partial charge in [0, 0.05) is 63.8 Å². The molecule has 0 saturated heterocycles. The summed E-state index contributed by atoms with van der Waals surface area (Å²) in [6.07, 6.45) is 7.03. The molecule has 0 amide bonds. The SMILES string of the molecule is C=C1/C=C(c2cccc3c2sc2c(-c4ccc5ccc6ccccc6c5c4)cccc23)\C=C/CN(c2ccc(-c3c4ccccc4c(-c4ccccc4)c4ccccc34)cc2)c2ccc(-c3cccc4c3sc3c(-c5ccc6ccc7ccccc7c6c5)cccc34)cc21. The van der Waals surface area contributed by atoms with E-state index in [0.29, 0.717) is 6.54 Å². The molecule has 1 aliphatic heterocycles. The Morgan fingerprint density at radius 1 is 0.277 bits per heavy atom. The molecule has 19 rings (SSSR count). The zero-order valence-electron chi connectivity index (χ0n) is 51.3. The molecule has 0 radical (unpaired) electrons. The van der Waals surface area contributed by atoms with E-state index in [1.165, 1.54) is 161 Å². The molecule has 0 saturated carbocycles. The fourth-order valence-corrected chi connectivity index (χ4v) is 18.1. The Morgan fingerprint density at radius 3 is 1.15 bits per heavy atom. The van der Waals surface area contributed by atoms with E-state index in [0.717, 1.165) is 33.6 Å². The number of hydrogen-bond acceptors (Lipinski definition) is 3. The van der Waals surface area contributed by atoms with Crippen LogP contribution >= 0.6 is 22.7 Å². The highest BCUT2D eigenvalue weighted by molar-refractivity contribution is 7.27. The first-order chi connectivity index (χ1) is 46.5. The summed E-state index contributed by atoms with van der Waals surface area (Å²) >= 11 is 3.81. The predicted molar refractivity (Wildman–Crippen MR) is 410 cm³/mol. The van der Waals surface area contributed by atoms with Gasteiger partial charge in [-0.05, 0) is 179 Å². The van der Waals surface area contributed by atoms with E-state index in [1.54, 1.807) is 0 Å². The van der Waals surface area contributed by atoms with Crippen molar-refractivity contribution in [3.63, 3.8) is 0 Å². The van der Waals surface area contributed by atoms with Gasteiger partial charge in [-0.15, -0.1) is 22.7 Å². The maximum Gasteiger partial charge on any atom is 0.0493 e. The molecular formula is C91H57NS2. The van der Waals surface area contributed by atoms with Gasteiger partial charge in [-0.3, -0.25) is 0 Å². The van der Waals surface area contributed by atoms with E-state index in [4.69, 9.17) is 6.58 Å². The first-order valence-corrected chi connectivity index (χ1v) is 34.0. The summed E-state index contributed by atoms with van der Waals surface area (Å²) in [5.41, 5.74) is 18.8. The van der Waals surface area contributed by atoms with Crippen LogP contribution in [-0.2, 0) is 0 Å². The minimum absolute atomic E-state index is 0.635. The molecule has 0 spiro atoms. The summed E-state index contributed by atoms with van der Waals surface area (Å²) in [5.74, 6) is 0. The third kappa shape index (κ3) is 8.73. The van der Waals surface area contributed by atoms with E-state index in [-0.39, 0.29) is 0 Å². The molecule has 1 aliphatic rings. The molecule has 0 N–H and O–H groups in total. The zero-order valence-corrected chi connectivity index (χ0v) is 52.9. The van der Waals surface area contributed by atoms with Gasteiger partial charge in [0.1, 0.15) is 0 Å². The summed E-state index contributed by atoms with van der Waals surface area (Å²) in [7, 11) is 0. The van der Waals surface area contributed by atoms with Crippen LogP contribution in [0.1, 0.15) is 11.1 Å². The topological polar surface area (TPSA) is 3.24 Å². The molecular weight excluding hydrogens is 1170 g/mol. The Hall–Kier alpha value is -11.5. The second-order valence-corrected chi connectivity index (χ2v) is 27.0. The molecule has 94 heavy (non-hydrogen) atoms. The third-order valence-corrected chi connectivity index (χ3v) is 22.4. The fraction of sp³-hybridized carbons (Fsp3) is 0.0110. The molecule has 3 heteroatoms. The molecule has 0 bridgehead atoms. The highest BCUT2D eigenvalue weighted by Crippen LogP contribution is 2.50. The quantitative estimate of drug-likeness (QED) is 0.114. The van der Waals surface area contributed by atoms with Crippen molar-refractivity contribution in [2.45, 2.75) is 0 Å². The van der Waals surface area contributed by atoms with E-state index in [2.05, 4.69) is 326 Å². The van der Waals surface area contributed by atoms with Crippen LogP contribution in [0.4, 0.5) is 11.4 Å². The van der Waals surface area contributed by atoms with Crippen molar-refractivity contribution in [3.8, 4) is 55.6 Å². The second kappa shape index (κ2) is 21.9. The molecule has 0 fully saturated rings. The monoisotopic (exact) mass is 1230 g/mol. The van der Waals surface area contributed by atoms with Crippen molar-refractivity contribution in [1.82, 2.24) is 0 Å². The number of thiophene rings is 2. The van der Waals surface area contributed by atoms with Gasteiger partial charge in [0.25, 0.3) is 0 Å². The Bertz CT molecular complexity index is 6220. The molecule has 16 aromatic carbocycles. The minimum Gasteiger partial charge on any atom is -0.337 e. The van der Waals surface area contributed by atoms with Crippen LogP contribution in [0.3, 0.4) is 0 Å². The van der Waals surface area contributed by atoms with Crippen molar-refractivity contribution in [2.24, 2.45) is 0 Å². The van der Waals surface area contributed by atoms with Crippen molar-refractivity contribution in [3.05, 3.63) is 339 Å². The van der Waals surface area contributed by atoms with Crippen LogP contribution in [0.15, 0.2) is 328 Å². The van der Waals surface area contributed by atoms with E-state index in [1.807, 2.05) is 22.7 Å². The normalized spacial score (nSPS) is 13.8. The van der Waals surface area contributed by atoms with Gasteiger partial charge in [-0.25, -0.2) is 0 Å². The first-order valence-electron chi connectivity index (χ1n) is 32.3. The lowest BCUT2D eigenvalue weighted by Crippen LogP contribution is -2.18. The van der Waals surface area contributed by atoms with Gasteiger partial charge in [0.15, 0.2) is 0 Å². The molecule has 2 aromatic heterocycles. The van der Waals surface area contributed by atoms with Gasteiger partial charge in [-0.2, -0.15) is 0 Å². The Morgan fingerprint density at radius 2 is 0.649 bits per heavy atom. The zero-order chi connectivity index (χ0) is 62.0. The smallest absolute Gasteiger partial charge is 0.0493 e. The highest BCUT2D eigenvalue weighted by atomic mass is 32.1. The van der Waals surface area contributed by atoms with Crippen LogP contribution in [0.5, 0.6) is 0 Å². The Labute approximate surface area is 552 Å². The van der Waals surface area contributed by atoms with Crippen LogP contribution in [-0.4, -0.2) is 6.54 Å². The number of allylic oxidation sites excluding steroid dienone is 4. The molecule has 18 aromatic rings. The summed E-state index contributed by atoms with van der Waals surface area (Å²) in [4.78, 5) is 2.48. The number of fused-ring (bicyclic) bond motifs is 15. The highest BCUT2D eigenvalue weighted by Gasteiger charge is 2.23. The Balaban J connectivity index is 0.761. The fourth-order valence-electron chi connectivity index (χ4n) is 15.4. The van der Waals surface area contributed by atoms with Crippen LogP contribution in [0, 0.1) is 0 Å². The lowest BCUT2D eigenvalue weighted by atomic mass is 9.86. The lowest BCUT2D eigenvalue weighted by molar-refractivity contribution is 1.09. The number of benzene rings is 16.